The van der Waals surface area contributed by atoms with Gasteiger partial charge in [0, 0.05) is 55.6 Å². The minimum atomic E-state index is -0.0561. The van der Waals surface area contributed by atoms with E-state index in [1.165, 1.54) is 19.3 Å². The van der Waals surface area contributed by atoms with Crippen molar-refractivity contribution >= 4 is 17.6 Å². The van der Waals surface area contributed by atoms with Crippen molar-refractivity contribution < 1.29 is 18.7 Å². The zero-order valence-corrected chi connectivity index (χ0v) is 22.1. The number of rotatable bonds is 10. The number of benzene rings is 2. The summed E-state index contributed by atoms with van der Waals surface area (Å²) in [7, 11) is 1.67. The molecule has 2 N–H and O–H groups in total. The number of morpholine rings is 1. The smallest absolute Gasteiger partial charge is 0.299 e. The Hall–Kier alpha value is -3.40. The number of oxazole rings is 1. The lowest BCUT2D eigenvalue weighted by molar-refractivity contribution is 0.0342. The standard InChI is InChI=1S/C29H37N5O4/c1-36-26-18-22(21-34-13-15-37-16-14-34)17-25(19-26)32-29-31-20-27(38-29)23-5-7-24(8-6-23)28(35)30-9-12-33-10-3-2-4-11-33/h5-8,17-20H,2-4,9-16,21H2,1H3,(H,30,35)(H,31,32). The number of carbonyl (C=O) groups is 1. The van der Waals surface area contributed by atoms with Gasteiger partial charge in [0.1, 0.15) is 5.75 Å². The van der Waals surface area contributed by atoms with Gasteiger partial charge in [0.15, 0.2) is 5.76 Å². The summed E-state index contributed by atoms with van der Waals surface area (Å²) in [5.41, 5.74) is 3.48. The second-order valence-corrected chi connectivity index (χ2v) is 9.85. The fraction of sp³-hybridized carbons (Fsp3) is 0.448. The molecular weight excluding hydrogens is 482 g/mol. The molecule has 202 valence electrons. The van der Waals surface area contributed by atoms with Crippen LogP contribution in [0.4, 0.5) is 11.7 Å². The van der Waals surface area contributed by atoms with E-state index in [1.54, 1.807) is 13.3 Å². The second kappa shape index (κ2) is 12.9. The molecule has 3 heterocycles. The van der Waals surface area contributed by atoms with Gasteiger partial charge in [-0.05, 0) is 55.8 Å². The molecule has 0 radical (unpaired) electrons. The highest BCUT2D eigenvalue weighted by molar-refractivity contribution is 5.94. The molecule has 0 atom stereocenters. The third kappa shape index (κ3) is 7.12. The fourth-order valence-corrected chi connectivity index (χ4v) is 4.95. The SMILES string of the molecule is COc1cc(CN2CCOCC2)cc(Nc2ncc(-c3ccc(C(=O)NCCN4CCCCC4)cc3)o2)c1. The molecule has 5 rings (SSSR count). The Kier molecular flexibility index (Phi) is 8.90. The molecule has 9 heteroatoms. The number of hydrogen-bond donors (Lipinski definition) is 2. The highest BCUT2D eigenvalue weighted by atomic mass is 16.5. The average molecular weight is 520 g/mol. The Bertz CT molecular complexity index is 1180. The first kappa shape index (κ1) is 26.2. The van der Waals surface area contributed by atoms with Gasteiger partial charge in [-0.15, -0.1) is 0 Å². The Morgan fingerprint density at radius 1 is 1.00 bits per heavy atom. The Balaban J connectivity index is 1.17. The molecule has 2 aliphatic heterocycles. The molecule has 0 saturated carbocycles. The number of nitrogens with one attached hydrogen (secondary N) is 2. The van der Waals surface area contributed by atoms with Gasteiger partial charge in [0.25, 0.3) is 11.9 Å². The van der Waals surface area contributed by atoms with Gasteiger partial charge in [0.05, 0.1) is 26.5 Å². The highest BCUT2D eigenvalue weighted by Crippen LogP contribution is 2.28. The van der Waals surface area contributed by atoms with E-state index in [4.69, 9.17) is 13.9 Å². The van der Waals surface area contributed by atoms with Crippen molar-refractivity contribution in [2.24, 2.45) is 0 Å². The van der Waals surface area contributed by atoms with Gasteiger partial charge in [-0.1, -0.05) is 18.6 Å². The Morgan fingerprint density at radius 3 is 2.55 bits per heavy atom. The second-order valence-electron chi connectivity index (χ2n) is 9.85. The summed E-state index contributed by atoms with van der Waals surface area (Å²) < 4.78 is 16.9. The first-order chi connectivity index (χ1) is 18.7. The van der Waals surface area contributed by atoms with Crippen molar-refractivity contribution in [1.29, 1.82) is 0 Å². The van der Waals surface area contributed by atoms with Crippen molar-refractivity contribution in [1.82, 2.24) is 20.1 Å². The summed E-state index contributed by atoms with van der Waals surface area (Å²) in [5.74, 6) is 1.34. The topological polar surface area (TPSA) is 92.1 Å². The maximum atomic E-state index is 12.6. The molecule has 0 unspecified atom stereocenters. The van der Waals surface area contributed by atoms with Crippen LogP contribution >= 0.6 is 0 Å². The number of aromatic nitrogens is 1. The zero-order valence-electron chi connectivity index (χ0n) is 22.1. The van der Waals surface area contributed by atoms with E-state index < -0.39 is 0 Å². The molecule has 1 aromatic heterocycles. The largest absolute Gasteiger partial charge is 0.497 e. The van der Waals surface area contributed by atoms with E-state index in [1.807, 2.05) is 36.4 Å². The summed E-state index contributed by atoms with van der Waals surface area (Å²) in [6.45, 7) is 8.01. The molecule has 2 saturated heterocycles. The third-order valence-corrected chi connectivity index (χ3v) is 7.06. The molecule has 2 aromatic carbocycles. The summed E-state index contributed by atoms with van der Waals surface area (Å²) >= 11 is 0. The minimum Gasteiger partial charge on any atom is -0.497 e. The van der Waals surface area contributed by atoms with E-state index in [-0.39, 0.29) is 5.91 Å². The predicted molar refractivity (Wildman–Crippen MR) is 147 cm³/mol. The Morgan fingerprint density at radius 2 is 1.79 bits per heavy atom. The lowest BCUT2D eigenvalue weighted by atomic mass is 10.1. The number of anilines is 2. The summed E-state index contributed by atoms with van der Waals surface area (Å²) in [6, 6.07) is 13.9. The van der Waals surface area contributed by atoms with E-state index in [9.17, 15) is 4.79 Å². The van der Waals surface area contributed by atoms with Crippen LogP contribution in [0.1, 0.15) is 35.2 Å². The summed E-state index contributed by atoms with van der Waals surface area (Å²) in [4.78, 5) is 21.7. The number of ether oxygens (including phenoxy) is 2. The van der Waals surface area contributed by atoms with E-state index in [0.29, 0.717) is 23.9 Å². The number of amides is 1. The summed E-state index contributed by atoms with van der Waals surface area (Å²) in [5, 5.41) is 6.29. The van der Waals surface area contributed by atoms with Gasteiger partial charge in [-0.3, -0.25) is 9.69 Å². The third-order valence-electron chi connectivity index (χ3n) is 7.06. The predicted octanol–water partition coefficient (Wildman–Crippen LogP) is 4.14. The molecule has 0 aliphatic carbocycles. The van der Waals surface area contributed by atoms with Crippen LogP contribution in [-0.4, -0.2) is 80.3 Å². The number of piperidine rings is 1. The van der Waals surface area contributed by atoms with Crippen molar-refractivity contribution in [3.63, 3.8) is 0 Å². The van der Waals surface area contributed by atoms with Gasteiger partial charge in [0.2, 0.25) is 0 Å². The number of nitrogens with zero attached hydrogens (tertiary/aromatic N) is 3. The molecule has 0 bridgehead atoms. The molecule has 9 nitrogen and oxygen atoms in total. The van der Waals surface area contributed by atoms with Crippen molar-refractivity contribution in [2.75, 3.05) is 64.9 Å². The van der Waals surface area contributed by atoms with E-state index in [2.05, 4.69) is 31.5 Å². The van der Waals surface area contributed by atoms with Crippen LogP contribution in [-0.2, 0) is 11.3 Å². The first-order valence-electron chi connectivity index (χ1n) is 13.5. The maximum Gasteiger partial charge on any atom is 0.299 e. The minimum absolute atomic E-state index is 0.0561. The van der Waals surface area contributed by atoms with Gasteiger partial charge >= 0.3 is 0 Å². The van der Waals surface area contributed by atoms with Crippen molar-refractivity contribution in [3.8, 4) is 17.1 Å². The highest BCUT2D eigenvalue weighted by Gasteiger charge is 2.14. The molecule has 2 fully saturated rings. The molecule has 38 heavy (non-hydrogen) atoms. The lowest BCUT2D eigenvalue weighted by Gasteiger charge is -2.26. The number of hydrogen-bond acceptors (Lipinski definition) is 8. The number of carbonyl (C=O) groups excluding carboxylic acids is 1. The lowest BCUT2D eigenvalue weighted by Crippen LogP contribution is -2.37. The van der Waals surface area contributed by atoms with E-state index in [0.717, 1.165) is 75.0 Å². The van der Waals surface area contributed by atoms with E-state index >= 15 is 0 Å². The van der Waals surface area contributed by atoms with Crippen LogP contribution in [0.25, 0.3) is 11.3 Å². The molecule has 3 aromatic rings. The Labute approximate surface area is 224 Å². The maximum absolute atomic E-state index is 12.6. The van der Waals surface area contributed by atoms with Crippen molar-refractivity contribution in [2.45, 2.75) is 25.8 Å². The average Bonchev–Trinajstić information content (AvgIpc) is 3.42. The van der Waals surface area contributed by atoms with Crippen LogP contribution in [0.3, 0.4) is 0 Å². The van der Waals surface area contributed by atoms with Gasteiger partial charge in [-0.2, -0.15) is 0 Å². The van der Waals surface area contributed by atoms with Gasteiger partial charge in [-0.25, -0.2) is 4.98 Å². The zero-order chi connectivity index (χ0) is 26.2. The first-order valence-corrected chi connectivity index (χ1v) is 13.5. The number of likely N-dealkylation sites (tertiary alicyclic amines) is 1. The van der Waals surface area contributed by atoms with Gasteiger partial charge < -0.3 is 29.4 Å². The summed E-state index contributed by atoms with van der Waals surface area (Å²) in [6.07, 6.45) is 5.51. The normalized spacial score (nSPS) is 16.8. The van der Waals surface area contributed by atoms with Crippen LogP contribution in [0.2, 0.25) is 0 Å². The monoisotopic (exact) mass is 519 g/mol. The molecule has 0 spiro atoms. The fourth-order valence-electron chi connectivity index (χ4n) is 4.95. The quantitative estimate of drug-likeness (QED) is 0.413. The van der Waals surface area contributed by atoms with Crippen LogP contribution in [0.15, 0.2) is 53.1 Å². The van der Waals surface area contributed by atoms with Crippen molar-refractivity contribution in [3.05, 3.63) is 59.8 Å². The van der Waals surface area contributed by atoms with Crippen LogP contribution in [0, 0.1) is 0 Å². The number of methoxy groups -OCH3 is 1. The van der Waals surface area contributed by atoms with Crippen LogP contribution in [0.5, 0.6) is 5.75 Å². The molecule has 1 amide bonds. The van der Waals surface area contributed by atoms with Crippen LogP contribution < -0.4 is 15.4 Å². The molecule has 2 aliphatic rings. The molecular formula is C29H37N5O4.